The van der Waals surface area contributed by atoms with Crippen LogP contribution in [-0.4, -0.2) is 5.11 Å². The van der Waals surface area contributed by atoms with E-state index in [0.29, 0.717) is 17.7 Å². The number of aryl methyl sites for hydroxylation is 1. The molecule has 0 saturated carbocycles. The molecule has 2 aromatic carbocycles. The molecule has 3 rings (SSSR count). The highest BCUT2D eigenvalue weighted by Gasteiger charge is 2.20. The van der Waals surface area contributed by atoms with Gasteiger partial charge in [0.1, 0.15) is 5.75 Å². The van der Waals surface area contributed by atoms with E-state index in [1.165, 1.54) is 28.8 Å². The molecule has 0 saturated heterocycles. The zero-order chi connectivity index (χ0) is 14.8. The summed E-state index contributed by atoms with van der Waals surface area (Å²) in [5.74, 6) is 0.896. The van der Waals surface area contributed by atoms with Crippen molar-refractivity contribution in [3.8, 4) is 5.75 Å². The highest BCUT2D eigenvalue weighted by molar-refractivity contribution is 5.50. The van der Waals surface area contributed by atoms with Crippen molar-refractivity contribution in [2.24, 2.45) is 0 Å². The van der Waals surface area contributed by atoms with Gasteiger partial charge in [0.2, 0.25) is 0 Å². The predicted octanol–water partition coefficient (Wildman–Crippen LogP) is 5.01. The third kappa shape index (κ3) is 3.05. The van der Waals surface area contributed by atoms with Crippen LogP contribution in [0.4, 0.5) is 5.69 Å². The minimum Gasteiger partial charge on any atom is -0.508 e. The molecule has 0 radical (unpaired) electrons. The molecular weight excluding hydrogens is 258 g/mol. The standard InChI is InChI=1S/C19H23NO/c1-13(2)15-6-3-7-16(11-15)20-19-8-4-5-14-9-10-17(21)12-18(14)19/h3,6-7,9-13,19-21H,4-5,8H2,1-2H3. The van der Waals surface area contributed by atoms with Gasteiger partial charge in [-0.1, -0.05) is 32.0 Å². The molecule has 1 aliphatic carbocycles. The highest BCUT2D eigenvalue weighted by atomic mass is 16.3. The van der Waals surface area contributed by atoms with E-state index in [-0.39, 0.29) is 0 Å². The molecule has 1 atom stereocenters. The monoisotopic (exact) mass is 281 g/mol. The Hall–Kier alpha value is -1.96. The molecule has 2 nitrogen and oxygen atoms in total. The van der Waals surface area contributed by atoms with Crippen molar-refractivity contribution in [3.63, 3.8) is 0 Å². The number of phenolic OH excluding ortho intramolecular Hbond substituents is 1. The minimum atomic E-state index is 0.295. The second-order valence-electron chi connectivity index (χ2n) is 6.25. The second kappa shape index (κ2) is 5.80. The van der Waals surface area contributed by atoms with Crippen LogP contribution in [0.2, 0.25) is 0 Å². The third-order valence-corrected chi connectivity index (χ3v) is 4.34. The van der Waals surface area contributed by atoms with Gasteiger partial charge in [0, 0.05) is 5.69 Å². The summed E-state index contributed by atoms with van der Waals surface area (Å²) in [6, 6.07) is 14.7. The Morgan fingerprint density at radius 3 is 2.81 bits per heavy atom. The number of rotatable bonds is 3. The molecule has 0 spiro atoms. The molecule has 2 N–H and O–H groups in total. The summed E-state index contributed by atoms with van der Waals surface area (Å²) in [6.45, 7) is 4.43. The fourth-order valence-electron chi connectivity index (χ4n) is 3.13. The van der Waals surface area contributed by atoms with E-state index in [4.69, 9.17) is 0 Å². The number of nitrogens with one attached hydrogen (secondary N) is 1. The molecule has 1 unspecified atom stereocenters. The molecule has 2 aromatic rings. The zero-order valence-electron chi connectivity index (χ0n) is 12.8. The van der Waals surface area contributed by atoms with Gasteiger partial charge >= 0.3 is 0 Å². The summed E-state index contributed by atoms with van der Waals surface area (Å²) in [6.07, 6.45) is 3.42. The number of hydrogen-bond acceptors (Lipinski definition) is 2. The molecular formula is C19H23NO. The first-order valence-electron chi connectivity index (χ1n) is 7.82. The van der Waals surface area contributed by atoms with Gasteiger partial charge in [-0.3, -0.25) is 0 Å². The molecule has 21 heavy (non-hydrogen) atoms. The lowest BCUT2D eigenvalue weighted by Gasteiger charge is -2.27. The van der Waals surface area contributed by atoms with Crippen LogP contribution < -0.4 is 5.32 Å². The van der Waals surface area contributed by atoms with Crippen LogP contribution in [0.25, 0.3) is 0 Å². The van der Waals surface area contributed by atoms with E-state index < -0.39 is 0 Å². The van der Waals surface area contributed by atoms with Gasteiger partial charge in [-0.25, -0.2) is 0 Å². The Kier molecular flexibility index (Phi) is 3.87. The lowest BCUT2D eigenvalue weighted by atomic mass is 9.87. The van der Waals surface area contributed by atoms with E-state index in [9.17, 15) is 5.11 Å². The van der Waals surface area contributed by atoms with Gasteiger partial charge < -0.3 is 10.4 Å². The third-order valence-electron chi connectivity index (χ3n) is 4.34. The first-order valence-corrected chi connectivity index (χ1v) is 7.82. The number of aromatic hydroxyl groups is 1. The first-order chi connectivity index (χ1) is 10.1. The molecule has 0 aromatic heterocycles. The highest BCUT2D eigenvalue weighted by Crippen LogP contribution is 2.34. The number of benzene rings is 2. The van der Waals surface area contributed by atoms with E-state index in [1.54, 1.807) is 6.07 Å². The Labute approximate surface area is 126 Å². The van der Waals surface area contributed by atoms with Crippen molar-refractivity contribution in [2.45, 2.75) is 45.1 Å². The summed E-state index contributed by atoms with van der Waals surface area (Å²) in [5, 5.41) is 13.4. The van der Waals surface area contributed by atoms with Crippen molar-refractivity contribution in [2.75, 3.05) is 5.32 Å². The molecule has 0 amide bonds. The van der Waals surface area contributed by atoms with Gasteiger partial charge in [-0.2, -0.15) is 0 Å². The number of phenols is 1. The van der Waals surface area contributed by atoms with E-state index >= 15 is 0 Å². The molecule has 2 heteroatoms. The number of anilines is 1. The normalized spacial score (nSPS) is 17.6. The largest absolute Gasteiger partial charge is 0.508 e. The first kappa shape index (κ1) is 14.0. The molecule has 0 bridgehead atoms. The van der Waals surface area contributed by atoms with Crippen LogP contribution in [0.3, 0.4) is 0 Å². The summed E-state index contributed by atoms with van der Waals surface area (Å²) >= 11 is 0. The molecule has 0 aliphatic heterocycles. The number of hydrogen-bond donors (Lipinski definition) is 2. The molecule has 0 fully saturated rings. The lowest BCUT2D eigenvalue weighted by molar-refractivity contribution is 0.471. The van der Waals surface area contributed by atoms with E-state index in [2.05, 4.69) is 49.5 Å². The van der Waals surface area contributed by atoms with Crippen LogP contribution in [0.15, 0.2) is 42.5 Å². The van der Waals surface area contributed by atoms with Crippen molar-refractivity contribution in [1.82, 2.24) is 0 Å². The quantitative estimate of drug-likeness (QED) is 0.829. The van der Waals surface area contributed by atoms with Gasteiger partial charge in [0.15, 0.2) is 0 Å². The summed E-state index contributed by atoms with van der Waals surface area (Å²) < 4.78 is 0. The van der Waals surface area contributed by atoms with E-state index in [1.807, 2.05) is 6.07 Å². The summed E-state index contributed by atoms with van der Waals surface area (Å²) in [5.41, 5.74) is 5.13. The maximum Gasteiger partial charge on any atom is 0.115 e. The lowest BCUT2D eigenvalue weighted by Crippen LogP contribution is -2.17. The van der Waals surface area contributed by atoms with Crippen molar-refractivity contribution >= 4 is 5.69 Å². The number of fused-ring (bicyclic) bond motifs is 1. The Morgan fingerprint density at radius 2 is 2.00 bits per heavy atom. The van der Waals surface area contributed by atoms with E-state index in [0.717, 1.165) is 12.8 Å². The van der Waals surface area contributed by atoms with Crippen molar-refractivity contribution in [3.05, 3.63) is 59.2 Å². The van der Waals surface area contributed by atoms with Crippen LogP contribution in [-0.2, 0) is 6.42 Å². The van der Waals surface area contributed by atoms with Crippen molar-refractivity contribution in [1.29, 1.82) is 0 Å². The van der Waals surface area contributed by atoms with Gasteiger partial charge in [-0.05, 0) is 66.1 Å². The van der Waals surface area contributed by atoms with Crippen LogP contribution in [0.5, 0.6) is 5.75 Å². The maximum absolute atomic E-state index is 9.76. The van der Waals surface area contributed by atoms with Crippen LogP contribution in [0.1, 0.15) is 55.3 Å². The van der Waals surface area contributed by atoms with Gasteiger partial charge in [0.25, 0.3) is 0 Å². The Balaban J connectivity index is 1.86. The molecule has 1 aliphatic rings. The van der Waals surface area contributed by atoms with Crippen molar-refractivity contribution < 1.29 is 5.11 Å². The summed E-state index contributed by atoms with van der Waals surface area (Å²) in [4.78, 5) is 0. The Morgan fingerprint density at radius 1 is 1.14 bits per heavy atom. The zero-order valence-corrected chi connectivity index (χ0v) is 12.8. The minimum absolute atomic E-state index is 0.295. The average molecular weight is 281 g/mol. The fourth-order valence-corrected chi connectivity index (χ4v) is 3.13. The topological polar surface area (TPSA) is 32.3 Å². The fraction of sp³-hybridized carbons (Fsp3) is 0.368. The predicted molar refractivity (Wildman–Crippen MR) is 87.9 cm³/mol. The van der Waals surface area contributed by atoms with Gasteiger partial charge in [0.05, 0.1) is 6.04 Å². The van der Waals surface area contributed by atoms with Crippen LogP contribution >= 0.6 is 0 Å². The SMILES string of the molecule is CC(C)c1cccc(NC2CCCc3ccc(O)cc32)c1. The smallest absolute Gasteiger partial charge is 0.115 e. The molecule has 0 heterocycles. The maximum atomic E-state index is 9.76. The molecule has 110 valence electrons. The van der Waals surface area contributed by atoms with Crippen LogP contribution in [0, 0.1) is 0 Å². The average Bonchev–Trinajstić information content (AvgIpc) is 2.48. The Bertz CT molecular complexity index is 633. The second-order valence-corrected chi connectivity index (χ2v) is 6.25. The van der Waals surface area contributed by atoms with Gasteiger partial charge in [-0.15, -0.1) is 0 Å². The summed E-state index contributed by atoms with van der Waals surface area (Å²) in [7, 11) is 0.